The van der Waals surface area contributed by atoms with Crippen molar-refractivity contribution in [3.05, 3.63) is 70.1 Å². The molecule has 0 aliphatic carbocycles. The van der Waals surface area contributed by atoms with Gasteiger partial charge in [-0.2, -0.15) is 5.10 Å². The summed E-state index contributed by atoms with van der Waals surface area (Å²) in [6, 6.07) is 15.0. The Hall–Kier alpha value is -3.19. The molecule has 0 fully saturated rings. The second-order valence-electron chi connectivity index (χ2n) is 7.15. The van der Waals surface area contributed by atoms with Crippen molar-refractivity contribution >= 4 is 16.7 Å². The highest BCUT2D eigenvalue weighted by Gasteiger charge is 2.16. The van der Waals surface area contributed by atoms with Gasteiger partial charge in [0.2, 0.25) is 5.91 Å². The van der Waals surface area contributed by atoms with Crippen molar-refractivity contribution in [1.82, 2.24) is 20.0 Å². The zero-order valence-electron chi connectivity index (χ0n) is 17.2. The molecular weight excluding hydrogens is 368 g/mol. The number of hydrogen-bond donors (Lipinski definition) is 1. The van der Waals surface area contributed by atoms with E-state index in [0.717, 1.165) is 22.4 Å². The van der Waals surface area contributed by atoms with Crippen LogP contribution in [0.25, 0.3) is 10.8 Å². The Morgan fingerprint density at radius 1 is 1.14 bits per heavy atom. The van der Waals surface area contributed by atoms with Gasteiger partial charge < -0.3 is 15.0 Å². The molecule has 1 atom stereocenters. The minimum atomic E-state index is -0.263. The molecule has 1 heterocycles. The van der Waals surface area contributed by atoms with Crippen LogP contribution < -0.4 is 15.6 Å². The maximum absolute atomic E-state index is 12.6. The summed E-state index contributed by atoms with van der Waals surface area (Å²) in [6.45, 7) is 2.13. The number of carbonyl (C=O) groups is 1. The number of fused-ring (bicyclic) bond motifs is 1. The van der Waals surface area contributed by atoms with Crippen LogP contribution in [-0.4, -0.2) is 48.3 Å². The monoisotopic (exact) mass is 394 g/mol. The maximum atomic E-state index is 12.6. The van der Waals surface area contributed by atoms with E-state index in [0.29, 0.717) is 11.9 Å². The van der Waals surface area contributed by atoms with Crippen LogP contribution in [0.4, 0.5) is 0 Å². The molecule has 1 amide bonds. The number of likely N-dealkylation sites (N-methyl/N-ethyl adjacent to an activating group) is 1. The molecular formula is C22H26N4O3. The lowest BCUT2D eigenvalue weighted by molar-refractivity contribution is -0.122. The maximum Gasteiger partial charge on any atom is 0.275 e. The molecule has 7 nitrogen and oxygen atoms in total. The van der Waals surface area contributed by atoms with Crippen LogP contribution in [0, 0.1) is 6.92 Å². The van der Waals surface area contributed by atoms with Gasteiger partial charge in [0, 0.05) is 11.9 Å². The first-order valence-electron chi connectivity index (χ1n) is 9.44. The van der Waals surface area contributed by atoms with Gasteiger partial charge in [-0.25, -0.2) is 4.68 Å². The van der Waals surface area contributed by atoms with Gasteiger partial charge >= 0.3 is 0 Å². The van der Waals surface area contributed by atoms with E-state index in [4.69, 9.17) is 4.74 Å². The lowest BCUT2D eigenvalue weighted by atomic mass is 10.1. The summed E-state index contributed by atoms with van der Waals surface area (Å²) in [6.07, 6.45) is 0. The fourth-order valence-corrected chi connectivity index (χ4v) is 3.34. The average Bonchev–Trinajstić information content (AvgIpc) is 2.72. The van der Waals surface area contributed by atoms with Crippen LogP contribution in [0.1, 0.15) is 17.3 Å². The number of benzene rings is 2. The smallest absolute Gasteiger partial charge is 0.275 e. The molecule has 29 heavy (non-hydrogen) atoms. The SMILES string of the molecule is COc1ccc(C(CNC(=O)Cn2nc(C)c3ccccc3c2=O)N(C)C)cc1. The lowest BCUT2D eigenvalue weighted by Crippen LogP contribution is -2.38. The van der Waals surface area contributed by atoms with Gasteiger partial charge in [-0.1, -0.05) is 30.3 Å². The number of aryl methyl sites for hydroxylation is 1. The first-order valence-corrected chi connectivity index (χ1v) is 9.44. The van der Waals surface area contributed by atoms with Gasteiger partial charge in [0.1, 0.15) is 12.3 Å². The molecule has 1 aromatic heterocycles. The van der Waals surface area contributed by atoms with Crippen molar-refractivity contribution in [2.45, 2.75) is 19.5 Å². The van der Waals surface area contributed by atoms with Gasteiger partial charge in [-0.05, 0) is 44.8 Å². The van der Waals surface area contributed by atoms with E-state index in [-0.39, 0.29) is 24.1 Å². The van der Waals surface area contributed by atoms with Crippen LogP contribution in [-0.2, 0) is 11.3 Å². The summed E-state index contributed by atoms with van der Waals surface area (Å²) < 4.78 is 6.43. The number of hydrogen-bond acceptors (Lipinski definition) is 5. The van der Waals surface area contributed by atoms with E-state index in [1.54, 1.807) is 13.2 Å². The molecule has 3 rings (SSSR count). The molecule has 0 spiro atoms. The van der Waals surface area contributed by atoms with Crippen LogP contribution in [0.3, 0.4) is 0 Å². The summed E-state index contributed by atoms with van der Waals surface area (Å²) in [5.41, 5.74) is 1.52. The molecule has 0 bridgehead atoms. The number of amides is 1. The second kappa shape index (κ2) is 8.87. The van der Waals surface area contributed by atoms with Gasteiger partial charge in [-0.15, -0.1) is 0 Å². The van der Waals surface area contributed by atoms with Crippen molar-refractivity contribution in [1.29, 1.82) is 0 Å². The van der Waals surface area contributed by atoms with E-state index in [1.165, 1.54) is 4.68 Å². The van der Waals surface area contributed by atoms with E-state index in [2.05, 4.69) is 10.4 Å². The Morgan fingerprint density at radius 3 is 2.41 bits per heavy atom. The van der Waals surface area contributed by atoms with E-state index >= 15 is 0 Å². The highest BCUT2D eigenvalue weighted by atomic mass is 16.5. The van der Waals surface area contributed by atoms with Crippen LogP contribution in [0.2, 0.25) is 0 Å². The Labute approximate surface area is 169 Å². The van der Waals surface area contributed by atoms with Crippen LogP contribution in [0.5, 0.6) is 5.75 Å². The van der Waals surface area contributed by atoms with Gasteiger partial charge in [-0.3, -0.25) is 9.59 Å². The highest BCUT2D eigenvalue weighted by Crippen LogP contribution is 2.20. The van der Waals surface area contributed by atoms with Gasteiger partial charge in [0.15, 0.2) is 0 Å². The molecule has 0 saturated heterocycles. The summed E-state index contributed by atoms with van der Waals surface area (Å²) in [5.74, 6) is 0.530. The first-order chi connectivity index (χ1) is 13.9. The second-order valence-corrected chi connectivity index (χ2v) is 7.15. The molecule has 1 N–H and O–H groups in total. The third-order valence-corrected chi connectivity index (χ3v) is 4.96. The number of nitrogens with zero attached hydrogens (tertiary/aromatic N) is 3. The van der Waals surface area contributed by atoms with E-state index in [9.17, 15) is 9.59 Å². The quantitative estimate of drug-likeness (QED) is 0.664. The number of rotatable bonds is 7. The van der Waals surface area contributed by atoms with E-state index in [1.807, 2.05) is 68.4 Å². The van der Waals surface area contributed by atoms with Crippen LogP contribution >= 0.6 is 0 Å². The zero-order chi connectivity index (χ0) is 21.0. The average molecular weight is 394 g/mol. The largest absolute Gasteiger partial charge is 0.497 e. The normalized spacial score (nSPS) is 12.2. The lowest BCUT2D eigenvalue weighted by Gasteiger charge is -2.25. The summed E-state index contributed by atoms with van der Waals surface area (Å²) >= 11 is 0. The van der Waals surface area contributed by atoms with Crippen molar-refractivity contribution in [3.63, 3.8) is 0 Å². The summed E-state index contributed by atoms with van der Waals surface area (Å²) in [5, 5.41) is 8.60. The minimum absolute atomic E-state index is 0.00660. The predicted octanol–water partition coefficient (Wildman–Crippen LogP) is 2.13. The summed E-state index contributed by atoms with van der Waals surface area (Å²) in [7, 11) is 5.54. The fourth-order valence-electron chi connectivity index (χ4n) is 3.34. The van der Waals surface area contributed by atoms with Crippen molar-refractivity contribution in [2.24, 2.45) is 0 Å². The molecule has 0 aliphatic heterocycles. The Balaban J connectivity index is 1.72. The third kappa shape index (κ3) is 4.63. The standard InChI is InChI=1S/C22H26N4O3/c1-15-18-7-5-6-8-19(18)22(28)26(24-15)14-21(27)23-13-20(25(2)3)16-9-11-17(29-4)12-10-16/h5-12,20H,13-14H2,1-4H3,(H,23,27). The van der Waals surface area contributed by atoms with Gasteiger partial charge in [0.05, 0.1) is 24.2 Å². The molecule has 0 radical (unpaired) electrons. The fraction of sp³-hybridized carbons (Fsp3) is 0.318. The molecule has 0 saturated carbocycles. The van der Waals surface area contributed by atoms with Crippen molar-refractivity contribution in [3.8, 4) is 5.75 Å². The van der Waals surface area contributed by atoms with Crippen LogP contribution in [0.15, 0.2) is 53.3 Å². The predicted molar refractivity (Wildman–Crippen MR) is 113 cm³/mol. The minimum Gasteiger partial charge on any atom is -0.497 e. The molecule has 1 unspecified atom stereocenters. The molecule has 3 aromatic rings. The molecule has 152 valence electrons. The number of methoxy groups -OCH3 is 1. The molecule has 7 heteroatoms. The first kappa shape index (κ1) is 20.5. The Morgan fingerprint density at radius 2 is 1.79 bits per heavy atom. The van der Waals surface area contributed by atoms with E-state index < -0.39 is 0 Å². The topological polar surface area (TPSA) is 76.5 Å². The van der Waals surface area contributed by atoms with Gasteiger partial charge in [0.25, 0.3) is 5.56 Å². The number of ether oxygens (including phenoxy) is 1. The summed E-state index contributed by atoms with van der Waals surface area (Å²) in [4.78, 5) is 27.2. The highest BCUT2D eigenvalue weighted by molar-refractivity contribution is 5.83. The third-order valence-electron chi connectivity index (χ3n) is 4.96. The number of aromatic nitrogens is 2. The Kier molecular flexibility index (Phi) is 6.29. The Bertz CT molecular complexity index is 1060. The molecule has 2 aromatic carbocycles. The number of carbonyl (C=O) groups excluding carboxylic acids is 1. The zero-order valence-corrected chi connectivity index (χ0v) is 17.2. The number of nitrogens with one attached hydrogen (secondary N) is 1. The van der Waals surface area contributed by atoms with Crippen molar-refractivity contribution < 1.29 is 9.53 Å². The van der Waals surface area contributed by atoms with Crippen molar-refractivity contribution in [2.75, 3.05) is 27.7 Å². The molecule has 0 aliphatic rings.